The van der Waals surface area contributed by atoms with Gasteiger partial charge in [0, 0.05) is 23.2 Å². The number of fused-ring (bicyclic) bond motifs is 2. The molecule has 3 nitrogen and oxygen atoms in total. The van der Waals surface area contributed by atoms with E-state index in [4.69, 9.17) is 5.73 Å². The molecule has 1 saturated carbocycles. The monoisotopic (exact) mass is 310 g/mol. The lowest BCUT2D eigenvalue weighted by Crippen LogP contribution is -2.36. The summed E-state index contributed by atoms with van der Waals surface area (Å²) < 4.78 is 14.5. The van der Waals surface area contributed by atoms with Gasteiger partial charge in [0.25, 0.3) is 5.91 Å². The first-order chi connectivity index (χ1) is 11.1. The molecule has 0 unspecified atom stereocenters. The third-order valence-corrected chi connectivity index (χ3v) is 5.27. The Kier molecular flexibility index (Phi) is 3.15. The van der Waals surface area contributed by atoms with Crippen molar-refractivity contribution >= 4 is 17.3 Å². The van der Waals surface area contributed by atoms with Gasteiger partial charge in [-0.2, -0.15) is 0 Å². The van der Waals surface area contributed by atoms with Crippen LogP contribution in [0.2, 0.25) is 0 Å². The first kappa shape index (κ1) is 14.2. The summed E-state index contributed by atoms with van der Waals surface area (Å²) in [7, 11) is 0. The number of nitrogens with two attached hydrogens (primary N) is 1. The molecule has 0 radical (unpaired) electrons. The van der Waals surface area contributed by atoms with Crippen molar-refractivity contribution < 1.29 is 9.18 Å². The highest BCUT2D eigenvalue weighted by Gasteiger charge is 2.48. The fourth-order valence-electron chi connectivity index (χ4n) is 4.21. The minimum atomic E-state index is -0.222. The minimum Gasteiger partial charge on any atom is -0.398 e. The molecule has 0 bridgehead atoms. The summed E-state index contributed by atoms with van der Waals surface area (Å²) in [5, 5.41) is 0. The van der Waals surface area contributed by atoms with Crippen LogP contribution in [0.15, 0.2) is 42.5 Å². The van der Waals surface area contributed by atoms with Gasteiger partial charge < -0.3 is 10.6 Å². The van der Waals surface area contributed by atoms with E-state index in [-0.39, 0.29) is 17.1 Å². The van der Waals surface area contributed by atoms with Crippen molar-refractivity contribution in [3.8, 4) is 0 Å². The number of anilines is 2. The zero-order chi connectivity index (χ0) is 16.0. The van der Waals surface area contributed by atoms with Crippen molar-refractivity contribution in [2.75, 3.05) is 17.2 Å². The van der Waals surface area contributed by atoms with Gasteiger partial charge in [-0.3, -0.25) is 4.79 Å². The predicted molar refractivity (Wildman–Crippen MR) is 89.1 cm³/mol. The molecular formula is C19H19FN2O. The smallest absolute Gasteiger partial charge is 0.260 e. The molecule has 2 aromatic rings. The summed E-state index contributed by atoms with van der Waals surface area (Å²) in [6.07, 6.45) is 4.05. The van der Waals surface area contributed by atoms with Gasteiger partial charge in [0.15, 0.2) is 0 Å². The molecule has 4 rings (SSSR count). The van der Waals surface area contributed by atoms with E-state index < -0.39 is 0 Å². The molecular weight excluding hydrogens is 291 g/mol. The van der Waals surface area contributed by atoms with Gasteiger partial charge in [-0.25, -0.2) is 4.39 Å². The fourth-order valence-corrected chi connectivity index (χ4v) is 4.21. The van der Waals surface area contributed by atoms with Crippen LogP contribution in [0, 0.1) is 5.82 Å². The van der Waals surface area contributed by atoms with Gasteiger partial charge in [0.2, 0.25) is 0 Å². The van der Waals surface area contributed by atoms with E-state index in [1.807, 2.05) is 12.1 Å². The lowest BCUT2D eigenvalue weighted by Gasteiger charge is -2.25. The van der Waals surface area contributed by atoms with E-state index in [0.29, 0.717) is 23.5 Å². The Labute approximate surface area is 134 Å². The van der Waals surface area contributed by atoms with Crippen molar-refractivity contribution in [1.29, 1.82) is 0 Å². The number of hydrogen-bond donors (Lipinski definition) is 1. The first-order valence-electron chi connectivity index (χ1n) is 8.08. The molecule has 1 amide bonds. The Morgan fingerprint density at radius 1 is 1.09 bits per heavy atom. The minimum absolute atomic E-state index is 0.140. The summed E-state index contributed by atoms with van der Waals surface area (Å²) in [5.41, 5.74) is 8.12. The quantitative estimate of drug-likeness (QED) is 0.813. The number of carbonyl (C=O) groups excluding carboxylic acids is 1. The summed E-state index contributed by atoms with van der Waals surface area (Å²) >= 11 is 0. The number of carbonyl (C=O) groups is 1. The maximum Gasteiger partial charge on any atom is 0.260 e. The largest absolute Gasteiger partial charge is 0.398 e. The number of benzene rings is 2. The van der Waals surface area contributed by atoms with Gasteiger partial charge in [0.05, 0.1) is 11.3 Å². The van der Waals surface area contributed by atoms with Crippen molar-refractivity contribution in [3.63, 3.8) is 0 Å². The zero-order valence-electron chi connectivity index (χ0n) is 12.9. The Balaban J connectivity index is 1.82. The highest BCUT2D eigenvalue weighted by molar-refractivity contribution is 6.10. The highest BCUT2D eigenvalue weighted by atomic mass is 19.1. The molecule has 1 aliphatic heterocycles. The maximum atomic E-state index is 14.5. The molecule has 1 fully saturated rings. The van der Waals surface area contributed by atoms with Gasteiger partial charge in [-0.05, 0) is 37.1 Å². The lowest BCUT2D eigenvalue weighted by molar-refractivity contribution is 0.0985. The topological polar surface area (TPSA) is 46.3 Å². The lowest BCUT2D eigenvalue weighted by atomic mass is 9.80. The van der Waals surface area contributed by atoms with Crippen LogP contribution in [0.1, 0.15) is 41.6 Å². The Bertz CT molecular complexity index is 781. The van der Waals surface area contributed by atoms with Crippen LogP contribution >= 0.6 is 0 Å². The van der Waals surface area contributed by atoms with E-state index in [0.717, 1.165) is 31.2 Å². The van der Waals surface area contributed by atoms with Crippen LogP contribution in [-0.4, -0.2) is 12.5 Å². The number of para-hydroxylation sites is 1. The van der Waals surface area contributed by atoms with Crippen LogP contribution in [0.3, 0.4) is 0 Å². The standard InChI is InChI=1S/C19H19FN2O/c20-14-7-5-9-16-17(14)19(10-3-4-11-19)12-22(16)18(23)13-6-1-2-8-15(13)21/h1-2,5-9H,3-4,10-12,21H2. The van der Waals surface area contributed by atoms with E-state index >= 15 is 0 Å². The first-order valence-corrected chi connectivity index (χ1v) is 8.08. The van der Waals surface area contributed by atoms with Crippen LogP contribution in [0.4, 0.5) is 15.8 Å². The molecule has 0 atom stereocenters. The molecule has 0 saturated heterocycles. The van der Waals surface area contributed by atoms with Crippen LogP contribution in [0.25, 0.3) is 0 Å². The third-order valence-electron chi connectivity index (χ3n) is 5.27. The van der Waals surface area contributed by atoms with E-state index in [2.05, 4.69) is 0 Å². The molecule has 2 N–H and O–H groups in total. The molecule has 4 heteroatoms. The van der Waals surface area contributed by atoms with Crippen LogP contribution in [-0.2, 0) is 5.41 Å². The second kappa shape index (κ2) is 5.08. The zero-order valence-corrected chi connectivity index (χ0v) is 12.9. The molecule has 1 heterocycles. The fraction of sp³-hybridized carbons (Fsp3) is 0.316. The predicted octanol–water partition coefficient (Wildman–Crippen LogP) is 3.88. The molecule has 0 aromatic heterocycles. The van der Waals surface area contributed by atoms with Crippen molar-refractivity contribution in [3.05, 3.63) is 59.4 Å². The SMILES string of the molecule is Nc1ccccc1C(=O)N1CC2(CCCC2)c2c(F)cccc21. The van der Waals surface area contributed by atoms with Gasteiger partial charge in [0.1, 0.15) is 5.82 Å². The van der Waals surface area contributed by atoms with Gasteiger partial charge in [-0.1, -0.05) is 31.0 Å². The average molecular weight is 310 g/mol. The number of nitrogen functional groups attached to an aromatic ring is 1. The molecule has 2 aromatic carbocycles. The van der Waals surface area contributed by atoms with Crippen molar-refractivity contribution in [1.82, 2.24) is 0 Å². The van der Waals surface area contributed by atoms with Crippen LogP contribution in [0.5, 0.6) is 0 Å². The van der Waals surface area contributed by atoms with Gasteiger partial charge >= 0.3 is 0 Å². The number of rotatable bonds is 1. The van der Waals surface area contributed by atoms with E-state index in [1.165, 1.54) is 6.07 Å². The number of amides is 1. The van der Waals surface area contributed by atoms with E-state index in [1.54, 1.807) is 29.2 Å². The van der Waals surface area contributed by atoms with E-state index in [9.17, 15) is 9.18 Å². The molecule has 23 heavy (non-hydrogen) atoms. The summed E-state index contributed by atoms with van der Waals surface area (Å²) in [4.78, 5) is 14.7. The molecule has 1 spiro atoms. The highest BCUT2D eigenvalue weighted by Crippen LogP contribution is 2.51. The van der Waals surface area contributed by atoms with Crippen molar-refractivity contribution in [2.24, 2.45) is 0 Å². The normalized spacial score (nSPS) is 18.4. The molecule has 1 aliphatic carbocycles. The Morgan fingerprint density at radius 3 is 2.57 bits per heavy atom. The third kappa shape index (κ3) is 2.05. The Hall–Kier alpha value is -2.36. The second-order valence-corrected chi connectivity index (χ2v) is 6.60. The Morgan fingerprint density at radius 2 is 1.83 bits per heavy atom. The summed E-state index contributed by atoms with van der Waals surface area (Å²) in [6, 6.07) is 12.1. The molecule has 2 aliphatic rings. The van der Waals surface area contributed by atoms with Crippen LogP contribution < -0.4 is 10.6 Å². The number of hydrogen-bond acceptors (Lipinski definition) is 2. The molecule has 118 valence electrons. The maximum absolute atomic E-state index is 14.5. The summed E-state index contributed by atoms with van der Waals surface area (Å²) in [6.45, 7) is 0.552. The average Bonchev–Trinajstić information content (AvgIpc) is 3.14. The van der Waals surface area contributed by atoms with Crippen molar-refractivity contribution in [2.45, 2.75) is 31.1 Å². The number of halogens is 1. The van der Waals surface area contributed by atoms with Gasteiger partial charge in [-0.15, -0.1) is 0 Å². The number of nitrogens with zero attached hydrogens (tertiary/aromatic N) is 1. The summed E-state index contributed by atoms with van der Waals surface area (Å²) in [5.74, 6) is -0.334. The second-order valence-electron chi connectivity index (χ2n) is 6.60.